The number of hydrogen-bond acceptors (Lipinski definition) is 2. The molecule has 0 fully saturated rings. The Morgan fingerprint density at radius 2 is 2.09 bits per heavy atom. The minimum absolute atomic E-state index is 0.00257. The van der Waals surface area contributed by atoms with Crippen LogP contribution in [0, 0.1) is 0 Å². The molecule has 0 heterocycles. The summed E-state index contributed by atoms with van der Waals surface area (Å²) in [6.45, 7) is 0. The molecular weight excluding hydrogens is 296 g/mol. The van der Waals surface area contributed by atoms with E-state index in [1.807, 2.05) is 42.5 Å². The van der Waals surface area contributed by atoms with Gasteiger partial charge in [0.25, 0.3) is 0 Å². The van der Waals surface area contributed by atoms with Crippen LogP contribution in [0.15, 0.2) is 42.5 Å². The molecule has 0 bridgehead atoms. The highest BCUT2D eigenvalue weighted by atomic mass is 35.5. The molecule has 0 aliphatic heterocycles. The summed E-state index contributed by atoms with van der Waals surface area (Å²) in [5.41, 5.74) is 9.91. The maximum atomic E-state index is 12.3. The van der Waals surface area contributed by atoms with E-state index in [0.29, 0.717) is 11.4 Å². The van der Waals surface area contributed by atoms with Crippen molar-refractivity contribution in [2.45, 2.75) is 31.7 Å². The number of nitrogen functional groups attached to an aromatic ring is 1. The molecule has 1 unspecified atom stereocenters. The first-order valence-corrected chi connectivity index (χ1v) is 7.92. The molecule has 1 atom stereocenters. The lowest BCUT2D eigenvalue weighted by Crippen LogP contribution is -2.32. The number of benzene rings is 2. The van der Waals surface area contributed by atoms with Gasteiger partial charge in [-0.15, -0.1) is 0 Å². The van der Waals surface area contributed by atoms with Gasteiger partial charge in [0.1, 0.15) is 0 Å². The lowest BCUT2D eigenvalue weighted by Gasteiger charge is -2.26. The number of aryl methyl sites for hydroxylation is 1. The average Bonchev–Trinajstić information content (AvgIpc) is 2.49. The smallest absolute Gasteiger partial charge is 0.224 e. The zero-order valence-corrected chi connectivity index (χ0v) is 13.1. The molecule has 1 amide bonds. The molecule has 22 heavy (non-hydrogen) atoms. The summed E-state index contributed by atoms with van der Waals surface area (Å²) < 4.78 is 0. The number of fused-ring (bicyclic) bond motifs is 1. The molecule has 0 saturated heterocycles. The highest BCUT2D eigenvalue weighted by Crippen LogP contribution is 2.31. The molecule has 1 aliphatic carbocycles. The normalized spacial score (nSPS) is 16.9. The van der Waals surface area contributed by atoms with Gasteiger partial charge in [-0.05, 0) is 54.2 Å². The molecule has 3 rings (SSSR count). The fraction of sp³-hybridized carbons (Fsp3) is 0.278. The fourth-order valence-corrected chi connectivity index (χ4v) is 3.25. The largest absolute Gasteiger partial charge is 0.399 e. The number of anilines is 1. The zero-order valence-electron chi connectivity index (χ0n) is 12.3. The quantitative estimate of drug-likeness (QED) is 0.849. The summed E-state index contributed by atoms with van der Waals surface area (Å²) in [7, 11) is 0. The van der Waals surface area contributed by atoms with E-state index >= 15 is 0 Å². The Labute approximate surface area is 135 Å². The second-order valence-electron chi connectivity index (χ2n) is 5.74. The Hall–Kier alpha value is -2.00. The third-order valence-corrected chi connectivity index (χ3v) is 4.49. The monoisotopic (exact) mass is 314 g/mol. The van der Waals surface area contributed by atoms with E-state index < -0.39 is 0 Å². The minimum atomic E-state index is 0.00257. The standard InChI is InChI=1S/C18H19ClN2O/c19-16-6-2-1-4-13(16)11-18(22)21-17-7-3-5-12-10-14(20)8-9-15(12)17/h1-2,4,6,8-10,17H,3,5,7,11,20H2,(H,21,22). The first-order chi connectivity index (χ1) is 10.6. The van der Waals surface area contributed by atoms with Gasteiger partial charge in [-0.3, -0.25) is 4.79 Å². The summed E-state index contributed by atoms with van der Waals surface area (Å²) in [6, 6.07) is 13.5. The van der Waals surface area contributed by atoms with Gasteiger partial charge < -0.3 is 11.1 Å². The van der Waals surface area contributed by atoms with Crippen LogP contribution in [0.25, 0.3) is 0 Å². The number of rotatable bonds is 3. The molecular formula is C18H19ClN2O. The van der Waals surface area contributed by atoms with Crippen molar-refractivity contribution in [3.8, 4) is 0 Å². The molecule has 0 radical (unpaired) electrons. The predicted molar refractivity (Wildman–Crippen MR) is 89.8 cm³/mol. The van der Waals surface area contributed by atoms with Gasteiger partial charge in [-0.1, -0.05) is 35.9 Å². The van der Waals surface area contributed by atoms with Crippen LogP contribution in [0.2, 0.25) is 5.02 Å². The minimum Gasteiger partial charge on any atom is -0.399 e. The lowest BCUT2D eigenvalue weighted by molar-refractivity contribution is -0.121. The number of nitrogens with one attached hydrogen (secondary N) is 1. The van der Waals surface area contributed by atoms with Crippen molar-refractivity contribution < 1.29 is 4.79 Å². The van der Waals surface area contributed by atoms with E-state index in [9.17, 15) is 4.79 Å². The van der Waals surface area contributed by atoms with Gasteiger partial charge in [-0.25, -0.2) is 0 Å². The van der Waals surface area contributed by atoms with Crippen molar-refractivity contribution in [1.29, 1.82) is 0 Å². The third kappa shape index (κ3) is 3.25. The highest BCUT2D eigenvalue weighted by Gasteiger charge is 2.22. The molecule has 0 spiro atoms. The molecule has 114 valence electrons. The third-order valence-electron chi connectivity index (χ3n) is 4.13. The second-order valence-corrected chi connectivity index (χ2v) is 6.15. The summed E-state index contributed by atoms with van der Waals surface area (Å²) in [5.74, 6) is 0.00257. The molecule has 4 heteroatoms. The first kappa shape index (κ1) is 14.9. The van der Waals surface area contributed by atoms with Gasteiger partial charge in [0.15, 0.2) is 0 Å². The van der Waals surface area contributed by atoms with Gasteiger partial charge >= 0.3 is 0 Å². The molecule has 3 nitrogen and oxygen atoms in total. The Morgan fingerprint density at radius 1 is 1.27 bits per heavy atom. The summed E-state index contributed by atoms with van der Waals surface area (Å²) in [5, 5.41) is 3.77. The van der Waals surface area contributed by atoms with E-state index in [4.69, 9.17) is 17.3 Å². The Bertz CT molecular complexity index is 699. The Kier molecular flexibility index (Phi) is 4.34. The van der Waals surface area contributed by atoms with Crippen molar-refractivity contribution >= 4 is 23.2 Å². The summed E-state index contributed by atoms with van der Waals surface area (Å²) in [6.07, 6.45) is 3.36. The topological polar surface area (TPSA) is 55.1 Å². The Morgan fingerprint density at radius 3 is 2.91 bits per heavy atom. The second kappa shape index (κ2) is 6.41. The SMILES string of the molecule is Nc1ccc2c(c1)CCCC2NC(=O)Cc1ccccc1Cl. The molecule has 3 N–H and O–H groups in total. The van der Waals surface area contributed by atoms with Crippen LogP contribution in [-0.2, 0) is 17.6 Å². The number of amides is 1. The number of nitrogens with two attached hydrogens (primary N) is 1. The molecule has 2 aromatic rings. The zero-order chi connectivity index (χ0) is 15.5. The van der Waals surface area contributed by atoms with Gasteiger partial charge in [0, 0.05) is 10.7 Å². The molecule has 0 aromatic heterocycles. The van der Waals surface area contributed by atoms with Crippen LogP contribution in [0.5, 0.6) is 0 Å². The van der Waals surface area contributed by atoms with E-state index in [1.165, 1.54) is 11.1 Å². The Balaban J connectivity index is 1.72. The van der Waals surface area contributed by atoms with Crippen LogP contribution in [0.4, 0.5) is 5.69 Å². The molecule has 2 aromatic carbocycles. The van der Waals surface area contributed by atoms with Gasteiger partial charge in [-0.2, -0.15) is 0 Å². The number of halogens is 1. The van der Waals surface area contributed by atoms with Crippen LogP contribution in [-0.4, -0.2) is 5.91 Å². The van der Waals surface area contributed by atoms with Gasteiger partial charge in [0.2, 0.25) is 5.91 Å². The fourth-order valence-electron chi connectivity index (χ4n) is 3.04. The van der Waals surface area contributed by atoms with Crippen LogP contribution in [0.1, 0.15) is 35.6 Å². The van der Waals surface area contributed by atoms with E-state index in [-0.39, 0.29) is 11.9 Å². The van der Waals surface area contributed by atoms with Crippen molar-refractivity contribution in [2.75, 3.05) is 5.73 Å². The molecule has 0 saturated carbocycles. The highest BCUT2D eigenvalue weighted by molar-refractivity contribution is 6.31. The summed E-state index contributed by atoms with van der Waals surface area (Å²) >= 11 is 6.12. The first-order valence-electron chi connectivity index (χ1n) is 7.54. The van der Waals surface area contributed by atoms with E-state index in [2.05, 4.69) is 5.32 Å². The predicted octanol–water partition coefficient (Wildman–Crippen LogP) is 3.66. The summed E-state index contributed by atoms with van der Waals surface area (Å²) in [4.78, 5) is 12.3. The molecule has 1 aliphatic rings. The average molecular weight is 315 g/mol. The number of carbonyl (C=O) groups is 1. The number of hydrogen-bond donors (Lipinski definition) is 2. The van der Waals surface area contributed by atoms with Crippen LogP contribution < -0.4 is 11.1 Å². The van der Waals surface area contributed by atoms with E-state index in [1.54, 1.807) is 0 Å². The van der Waals surface area contributed by atoms with Crippen molar-refractivity contribution in [3.05, 3.63) is 64.2 Å². The van der Waals surface area contributed by atoms with Crippen LogP contribution in [0.3, 0.4) is 0 Å². The number of carbonyl (C=O) groups excluding carboxylic acids is 1. The van der Waals surface area contributed by atoms with E-state index in [0.717, 1.165) is 30.5 Å². The van der Waals surface area contributed by atoms with Crippen LogP contribution >= 0.6 is 11.6 Å². The maximum absolute atomic E-state index is 12.3. The van der Waals surface area contributed by atoms with Crippen molar-refractivity contribution in [1.82, 2.24) is 5.32 Å². The van der Waals surface area contributed by atoms with Crippen molar-refractivity contribution in [3.63, 3.8) is 0 Å². The lowest BCUT2D eigenvalue weighted by atomic mass is 9.87. The maximum Gasteiger partial charge on any atom is 0.224 e. The van der Waals surface area contributed by atoms with Crippen molar-refractivity contribution in [2.24, 2.45) is 0 Å². The van der Waals surface area contributed by atoms with Gasteiger partial charge in [0.05, 0.1) is 12.5 Å².